The van der Waals surface area contributed by atoms with Crippen LogP contribution in [-0.4, -0.2) is 69.8 Å². The number of amides is 2. The van der Waals surface area contributed by atoms with Gasteiger partial charge in [0.25, 0.3) is 0 Å². The lowest BCUT2D eigenvalue weighted by Crippen LogP contribution is -2.50. The third-order valence-electron chi connectivity index (χ3n) is 5.10. The van der Waals surface area contributed by atoms with Crippen LogP contribution >= 0.6 is 0 Å². The van der Waals surface area contributed by atoms with E-state index < -0.39 is 0 Å². The highest BCUT2D eigenvalue weighted by Gasteiger charge is 2.41. The molecule has 25 heavy (non-hydrogen) atoms. The molecule has 2 saturated heterocycles. The molecule has 1 aromatic rings. The Hall–Kier alpha value is -1.95. The van der Waals surface area contributed by atoms with Gasteiger partial charge in [0, 0.05) is 63.6 Å². The van der Waals surface area contributed by atoms with Gasteiger partial charge in [-0.15, -0.1) is 0 Å². The van der Waals surface area contributed by atoms with E-state index in [-0.39, 0.29) is 23.3 Å². The highest BCUT2D eigenvalue weighted by molar-refractivity contribution is 5.89. The van der Waals surface area contributed by atoms with E-state index in [9.17, 15) is 9.59 Å². The maximum atomic E-state index is 12.8. The average molecular weight is 344 g/mol. The van der Waals surface area contributed by atoms with Crippen LogP contribution in [0.4, 0.5) is 0 Å². The average Bonchev–Trinajstić information content (AvgIpc) is 2.98. The fourth-order valence-corrected chi connectivity index (χ4v) is 3.66. The van der Waals surface area contributed by atoms with Crippen molar-refractivity contribution in [3.63, 3.8) is 0 Å². The summed E-state index contributed by atoms with van der Waals surface area (Å²) in [5.74, 6) is 0.0544. The minimum atomic E-state index is -0.214. The first-order chi connectivity index (χ1) is 11.8. The van der Waals surface area contributed by atoms with Crippen LogP contribution in [0.2, 0.25) is 0 Å². The van der Waals surface area contributed by atoms with E-state index in [4.69, 9.17) is 0 Å². The number of rotatable bonds is 3. The molecule has 0 bridgehead atoms. The predicted molar refractivity (Wildman–Crippen MR) is 95.7 cm³/mol. The van der Waals surface area contributed by atoms with Crippen LogP contribution in [-0.2, 0) is 16.1 Å². The van der Waals surface area contributed by atoms with E-state index in [0.29, 0.717) is 13.0 Å². The minimum absolute atomic E-state index is 0.0982. The summed E-state index contributed by atoms with van der Waals surface area (Å²) in [5.41, 5.74) is 0.985. The fourth-order valence-electron chi connectivity index (χ4n) is 3.66. The summed E-state index contributed by atoms with van der Waals surface area (Å²) in [6.45, 7) is 10.7. The molecule has 2 aliphatic heterocycles. The van der Waals surface area contributed by atoms with Gasteiger partial charge in [-0.05, 0) is 32.4 Å². The standard InChI is InChI=1S/C19H28N4O2/c1-19(2,3)23-14-16(11-17(23)24)18(25)22-9-7-21(8-10-22)13-15-5-4-6-20-12-15/h4-6,12,16H,7-11,13-14H2,1-3H3. The van der Waals surface area contributed by atoms with Gasteiger partial charge >= 0.3 is 0 Å². The Morgan fingerprint density at radius 1 is 1.24 bits per heavy atom. The monoisotopic (exact) mass is 344 g/mol. The number of carbonyl (C=O) groups is 2. The second-order valence-electron chi connectivity index (χ2n) is 8.04. The zero-order valence-electron chi connectivity index (χ0n) is 15.4. The third kappa shape index (κ3) is 4.18. The van der Waals surface area contributed by atoms with Gasteiger partial charge in [-0.1, -0.05) is 6.07 Å². The molecule has 3 rings (SSSR count). The van der Waals surface area contributed by atoms with Crippen molar-refractivity contribution < 1.29 is 9.59 Å². The van der Waals surface area contributed by atoms with Crippen molar-refractivity contribution in [1.82, 2.24) is 19.7 Å². The second kappa shape index (κ2) is 7.12. The van der Waals surface area contributed by atoms with Crippen molar-refractivity contribution in [3.05, 3.63) is 30.1 Å². The van der Waals surface area contributed by atoms with Gasteiger partial charge in [0.2, 0.25) is 11.8 Å². The van der Waals surface area contributed by atoms with Crippen molar-refractivity contribution in [2.45, 2.75) is 39.3 Å². The highest BCUT2D eigenvalue weighted by Crippen LogP contribution is 2.27. The first-order valence-electron chi connectivity index (χ1n) is 9.05. The second-order valence-corrected chi connectivity index (χ2v) is 8.04. The Bertz CT molecular complexity index is 618. The van der Waals surface area contributed by atoms with Gasteiger partial charge < -0.3 is 9.80 Å². The van der Waals surface area contributed by atoms with Crippen LogP contribution in [0, 0.1) is 5.92 Å². The molecule has 2 aliphatic rings. The summed E-state index contributed by atoms with van der Waals surface area (Å²) >= 11 is 0. The SMILES string of the molecule is CC(C)(C)N1CC(C(=O)N2CCN(Cc3cccnc3)CC2)CC1=O. The van der Waals surface area contributed by atoms with Gasteiger partial charge in [-0.25, -0.2) is 0 Å². The zero-order chi connectivity index (χ0) is 18.0. The molecule has 136 valence electrons. The summed E-state index contributed by atoms with van der Waals surface area (Å²) < 4.78 is 0. The smallest absolute Gasteiger partial charge is 0.228 e. The minimum Gasteiger partial charge on any atom is -0.340 e. The van der Waals surface area contributed by atoms with Gasteiger partial charge in [0.1, 0.15) is 0 Å². The van der Waals surface area contributed by atoms with Gasteiger partial charge in [-0.2, -0.15) is 0 Å². The first-order valence-corrected chi connectivity index (χ1v) is 9.05. The summed E-state index contributed by atoms with van der Waals surface area (Å²) in [6, 6.07) is 4.03. The van der Waals surface area contributed by atoms with Crippen LogP contribution in [0.15, 0.2) is 24.5 Å². The quantitative estimate of drug-likeness (QED) is 0.831. The van der Waals surface area contributed by atoms with E-state index in [1.165, 1.54) is 5.56 Å². The fraction of sp³-hybridized carbons (Fsp3) is 0.632. The normalized spacial score (nSPS) is 22.5. The molecule has 0 saturated carbocycles. The Morgan fingerprint density at radius 3 is 2.52 bits per heavy atom. The third-order valence-corrected chi connectivity index (χ3v) is 5.10. The molecular formula is C19H28N4O2. The molecule has 0 aliphatic carbocycles. The molecule has 2 amide bonds. The lowest BCUT2D eigenvalue weighted by molar-refractivity contribution is -0.137. The number of nitrogens with zero attached hydrogens (tertiary/aromatic N) is 4. The number of likely N-dealkylation sites (tertiary alicyclic amines) is 1. The van der Waals surface area contributed by atoms with Gasteiger partial charge in [0.15, 0.2) is 0 Å². The van der Waals surface area contributed by atoms with E-state index in [0.717, 1.165) is 32.7 Å². The van der Waals surface area contributed by atoms with Gasteiger partial charge in [0.05, 0.1) is 5.92 Å². The molecule has 0 aromatic carbocycles. The zero-order valence-corrected chi connectivity index (χ0v) is 15.4. The van der Waals surface area contributed by atoms with Crippen molar-refractivity contribution >= 4 is 11.8 Å². The largest absolute Gasteiger partial charge is 0.340 e. The van der Waals surface area contributed by atoms with E-state index >= 15 is 0 Å². The number of piperazine rings is 1. The Morgan fingerprint density at radius 2 is 1.96 bits per heavy atom. The molecule has 0 spiro atoms. The summed E-state index contributed by atoms with van der Waals surface area (Å²) in [6.07, 6.45) is 4.03. The summed E-state index contributed by atoms with van der Waals surface area (Å²) in [5, 5.41) is 0. The van der Waals surface area contributed by atoms with Crippen molar-refractivity contribution in [1.29, 1.82) is 0 Å². The Labute approximate surface area is 149 Å². The Kier molecular flexibility index (Phi) is 5.08. The lowest BCUT2D eigenvalue weighted by atomic mass is 10.1. The molecule has 0 radical (unpaired) electrons. The maximum absolute atomic E-state index is 12.8. The molecule has 1 atom stereocenters. The molecular weight excluding hydrogens is 316 g/mol. The van der Waals surface area contributed by atoms with Crippen molar-refractivity contribution in [2.75, 3.05) is 32.7 Å². The number of hydrogen-bond donors (Lipinski definition) is 0. The highest BCUT2D eigenvalue weighted by atomic mass is 16.2. The van der Waals surface area contributed by atoms with Crippen LogP contribution < -0.4 is 0 Å². The van der Waals surface area contributed by atoms with E-state index in [2.05, 4.69) is 16.0 Å². The van der Waals surface area contributed by atoms with E-state index in [1.807, 2.05) is 42.8 Å². The topological polar surface area (TPSA) is 56.8 Å². The maximum Gasteiger partial charge on any atom is 0.228 e. The van der Waals surface area contributed by atoms with Crippen LogP contribution in [0.25, 0.3) is 0 Å². The van der Waals surface area contributed by atoms with Gasteiger partial charge in [-0.3, -0.25) is 19.5 Å². The Balaban J connectivity index is 1.51. The van der Waals surface area contributed by atoms with Crippen LogP contribution in [0.3, 0.4) is 0 Å². The number of hydrogen-bond acceptors (Lipinski definition) is 4. The van der Waals surface area contributed by atoms with E-state index in [1.54, 1.807) is 6.20 Å². The first kappa shape index (κ1) is 17.9. The summed E-state index contributed by atoms with van der Waals surface area (Å²) in [7, 11) is 0. The van der Waals surface area contributed by atoms with Crippen LogP contribution in [0.5, 0.6) is 0 Å². The lowest BCUT2D eigenvalue weighted by Gasteiger charge is -2.36. The number of carbonyl (C=O) groups excluding carboxylic acids is 2. The molecule has 0 N–H and O–H groups in total. The molecule has 3 heterocycles. The van der Waals surface area contributed by atoms with Crippen LogP contribution in [0.1, 0.15) is 32.8 Å². The molecule has 2 fully saturated rings. The molecule has 1 aromatic heterocycles. The number of aromatic nitrogens is 1. The predicted octanol–water partition coefficient (Wildman–Crippen LogP) is 1.37. The molecule has 6 nitrogen and oxygen atoms in total. The molecule has 1 unspecified atom stereocenters. The van der Waals surface area contributed by atoms with Crippen molar-refractivity contribution in [2.24, 2.45) is 5.92 Å². The van der Waals surface area contributed by atoms with Crippen molar-refractivity contribution in [3.8, 4) is 0 Å². The number of pyridine rings is 1. The summed E-state index contributed by atoms with van der Waals surface area (Å²) in [4.78, 5) is 35.3. The molecule has 6 heteroatoms.